The van der Waals surface area contributed by atoms with Crippen molar-refractivity contribution in [1.82, 2.24) is 15.5 Å². The Balaban J connectivity index is 1.58. The zero-order chi connectivity index (χ0) is 13.9. The summed E-state index contributed by atoms with van der Waals surface area (Å²) in [4.78, 5) is 13.9. The summed E-state index contributed by atoms with van der Waals surface area (Å²) in [6.45, 7) is 4.22. The first-order chi connectivity index (χ1) is 9.76. The molecule has 0 spiro atoms. The lowest BCUT2D eigenvalue weighted by Crippen LogP contribution is -2.51. The second kappa shape index (κ2) is 5.97. The standard InChI is InChI=1S/C15H23N3O2/c1-16-15(19)14-5-4-12(20-14)10-18-8-6-13-11(9-18)3-2-7-17-13/h4-5,11,13,17H,2-3,6-10H2,1H3,(H,16,19)/t11-,13+/m1/s1. The molecule has 110 valence electrons. The van der Waals surface area contributed by atoms with Crippen LogP contribution in [-0.4, -0.2) is 43.5 Å². The van der Waals surface area contributed by atoms with Crippen molar-refractivity contribution in [3.05, 3.63) is 23.7 Å². The van der Waals surface area contributed by atoms with Crippen LogP contribution in [0.15, 0.2) is 16.5 Å². The maximum absolute atomic E-state index is 11.5. The van der Waals surface area contributed by atoms with Crippen molar-refractivity contribution >= 4 is 5.91 Å². The minimum absolute atomic E-state index is 0.161. The molecule has 0 aliphatic carbocycles. The average Bonchev–Trinajstić information content (AvgIpc) is 2.95. The largest absolute Gasteiger partial charge is 0.455 e. The van der Waals surface area contributed by atoms with Gasteiger partial charge in [-0.1, -0.05) is 0 Å². The molecule has 2 aliphatic heterocycles. The van der Waals surface area contributed by atoms with E-state index in [0.717, 1.165) is 31.3 Å². The Morgan fingerprint density at radius 3 is 3.25 bits per heavy atom. The van der Waals surface area contributed by atoms with Crippen molar-refractivity contribution < 1.29 is 9.21 Å². The SMILES string of the molecule is CNC(=O)c1ccc(CN2CC[C@@H]3NCCC[C@@H]3C2)o1. The van der Waals surface area contributed by atoms with Crippen LogP contribution in [0.25, 0.3) is 0 Å². The molecule has 0 aromatic carbocycles. The predicted molar refractivity (Wildman–Crippen MR) is 76.5 cm³/mol. The zero-order valence-corrected chi connectivity index (χ0v) is 12.0. The summed E-state index contributed by atoms with van der Waals surface area (Å²) < 4.78 is 5.61. The number of carbonyl (C=O) groups excluding carboxylic acids is 1. The molecule has 0 unspecified atom stereocenters. The van der Waals surface area contributed by atoms with Crippen molar-refractivity contribution in [1.29, 1.82) is 0 Å². The first kappa shape index (κ1) is 13.6. The topological polar surface area (TPSA) is 57.5 Å². The van der Waals surface area contributed by atoms with Crippen molar-refractivity contribution in [2.45, 2.75) is 31.8 Å². The van der Waals surface area contributed by atoms with Gasteiger partial charge in [-0.2, -0.15) is 0 Å². The quantitative estimate of drug-likeness (QED) is 0.872. The fraction of sp³-hybridized carbons (Fsp3) is 0.667. The highest BCUT2D eigenvalue weighted by Crippen LogP contribution is 2.26. The van der Waals surface area contributed by atoms with Crippen LogP contribution in [0.1, 0.15) is 35.6 Å². The van der Waals surface area contributed by atoms with E-state index in [9.17, 15) is 4.79 Å². The Kier molecular flexibility index (Phi) is 4.08. The highest BCUT2D eigenvalue weighted by Gasteiger charge is 2.31. The summed E-state index contributed by atoms with van der Waals surface area (Å²) in [5, 5.41) is 6.21. The highest BCUT2D eigenvalue weighted by molar-refractivity contribution is 5.91. The van der Waals surface area contributed by atoms with Gasteiger partial charge in [-0.05, 0) is 43.9 Å². The van der Waals surface area contributed by atoms with Gasteiger partial charge in [0.1, 0.15) is 5.76 Å². The molecular formula is C15H23N3O2. The van der Waals surface area contributed by atoms with E-state index in [1.54, 1.807) is 13.1 Å². The lowest BCUT2D eigenvalue weighted by atomic mass is 9.85. The van der Waals surface area contributed by atoms with Gasteiger partial charge in [-0.25, -0.2) is 0 Å². The number of likely N-dealkylation sites (tertiary alicyclic amines) is 1. The molecule has 2 saturated heterocycles. The number of piperidine rings is 2. The number of amides is 1. The maximum Gasteiger partial charge on any atom is 0.286 e. The van der Waals surface area contributed by atoms with E-state index in [1.807, 2.05) is 6.07 Å². The number of furan rings is 1. The van der Waals surface area contributed by atoms with Crippen LogP contribution >= 0.6 is 0 Å². The summed E-state index contributed by atoms with van der Waals surface area (Å²) in [6.07, 6.45) is 3.83. The molecule has 3 heterocycles. The minimum Gasteiger partial charge on any atom is -0.455 e. The predicted octanol–water partition coefficient (Wildman–Crippen LogP) is 1.21. The highest BCUT2D eigenvalue weighted by atomic mass is 16.4. The molecule has 1 aromatic rings. The summed E-state index contributed by atoms with van der Waals surface area (Å²) in [5.74, 6) is 1.89. The van der Waals surface area contributed by atoms with Gasteiger partial charge >= 0.3 is 0 Å². The minimum atomic E-state index is -0.161. The second-order valence-corrected chi connectivity index (χ2v) is 5.83. The van der Waals surface area contributed by atoms with Crippen LogP contribution in [0.3, 0.4) is 0 Å². The molecule has 3 rings (SSSR count). The first-order valence-corrected chi connectivity index (χ1v) is 7.53. The lowest BCUT2D eigenvalue weighted by Gasteiger charge is -2.41. The fourth-order valence-electron chi connectivity index (χ4n) is 3.39. The van der Waals surface area contributed by atoms with Crippen molar-refractivity contribution in [2.24, 2.45) is 5.92 Å². The third-order valence-electron chi connectivity index (χ3n) is 4.47. The van der Waals surface area contributed by atoms with Crippen LogP contribution in [0.4, 0.5) is 0 Å². The maximum atomic E-state index is 11.5. The number of fused-ring (bicyclic) bond motifs is 1. The number of hydrogen-bond donors (Lipinski definition) is 2. The van der Waals surface area contributed by atoms with Crippen LogP contribution in [0.5, 0.6) is 0 Å². The molecule has 2 N–H and O–H groups in total. The number of nitrogens with zero attached hydrogens (tertiary/aromatic N) is 1. The molecule has 0 bridgehead atoms. The normalized spacial score (nSPS) is 27.1. The van der Waals surface area contributed by atoms with Gasteiger partial charge < -0.3 is 15.1 Å². The van der Waals surface area contributed by atoms with Gasteiger partial charge in [0, 0.05) is 26.2 Å². The summed E-state index contributed by atoms with van der Waals surface area (Å²) in [6, 6.07) is 4.37. The molecule has 2 fully saturated rings. The van der Waals surface area contributed by atoms with Gasteiger partial charge in [0.25, 0.3) is 5.91 Å². The van der Waals surface area contributed by atoms with E-state index in [4.69, 9.17) is 4.42 Å². The number of nitrogens with one attached hydrogen (secondary N) is 2. The lowest BCUT2D eigenvalue weighted by molar-refractivity contribution is 0.0914. The van der Waals surface area contributed by atoms with Crippen molar-refractivity contribution in [3.8, 4) is 0 Å². The summed E-state index contributed by atoms with van der Waals surface area (Å²) >= 11 is 0. The van der Waals surface area contributed by atoms with Gasteiger partial charge in [-0.3, -0.25) is 9.69 Å². The van der Waals surface area contributed by atoms with E-state index in [2.05, 4.69) is 15.5 Å². The van der Waals surface area contributed by atoms with Crippen molar-refractivity contribution in [2.75, 3.05) is 26.7 Å². The van der Waals surface area contributed by atoms with E-state index >= 15 is 0 Å². The molecule has 5 nitrogen and oxygen atoms in total. The van der Waals surface area contributed by atoms with Gasteiger partial charge in [0.15, 0.2) is 5.76 Å². The molecule has 5 heteroatoms. The zero-order valence-electron chi connectivity index (χ0n) is 12.0. The first-order valence-electron chi connectivity index (χ1n) is 7.53. The average molecular weight is 277 g/mol. The third kappa shape index (κ3) is 2.88. The van der Waals surface area contributed by atoms with Crippen LogP contribution in [0.2, 0.25) is 0 Å². The Morgan fingerprint density at radius 1 is 1.50 bits per heavy atom. The Bertz CT molecular complexity index is 471. The monoisotopic (exact) mass is 277 g/mol. The van der Waals surface area contributed by atoms with E-state index in [1.165, 1.54) is 25.8 Å². The van der Waals surface area contributed by atoms with Gasteiger partial charge in [0.05, 0.1) is 6.54 Å². The summed E-state index contributed by atoms with van der Waals surface area (Å²) in [5.41, 5.74) is 0. The molecule has 2 atom stereocenters. The summed E-state index contributed by atoms with van der Waals surface area (Å²) in [7, 11) is 1.62. The van der Waals surface area contributed by atoms with Crippen LogP contribution < -0.4 is 10.6 Å². The third-order valence-corrected chi connectivity index (χ3v) is 4.47. The van der Waals surface area contributed by atoms with Gasteiger partial charge in [-0.15, -0.1) is 0 Å². The fourth-order valence-corrected chi connectivity index (χ4v) is 3.39. The Morgan fingerprint density at radius 2 is 2.40 bits per heavy atom. The van der Waals surface area contributed by atoms with E-state index < -0.39 is 0 Å². The number of carbonyl (C=O) groups is 1. The van der Waals surface area contributed by atoms with Crippen LogP contribution in [0, 0.1) is 5.92 Å². The Hall–Kier alpha value is -1.33. The van der Waals surface area contributed by atoms with Crippen LogP contribution in [-0.2, 0) is 6.54 Å². The van der Waals surface area contributed by atoms with Gasteiger partial charge in [0.2, 0.25) is 0 Å². The molecule has 0 saturated carbocycles. The molecule has 0 radical (unpaired) electrons. The second-order valence-electron chi connectivity index (χ2n) is 5.83. The smallest absolute Gasteiger partial charge is 0.286 e. The number of rotatable bonds is 3. The molecule has 1 amide bonds. The molecule has 1 aromatic heterocycles. The molecule has 2 aliphatic rings. The van der Waals surface area contributed by atoms with Crippen molar-refractivity contribution in [3.63, 3.8) is 0 Å². The molecular weight excluding hydrogens is 254 g/mol. The Labute approximate surface area is 119 Å². The van der Waals surface area contributed by atoms with E-state index in [0.29, 0.717) is 11.8 Å². The number of hydrogen-bond acceptors (Lipinski definition) is 4. The molecule has 20 heavy (non-hydrogen) atoms. The van der Waals surface area contributed by atoms with E-state index in [-0.39, 0.29) is 5.91 Å².